The number of nitrogens with zero attached hydrogens (tertiary/aromatic N) is 1. The molecule has 0 aromatic rings. The number of rotatable bonds is 27. The molecule has 0 aliphatic rings. The predicted octanol–water partition coefficient (Wildman–Crippen LogP) is 8.57. The number of likely N-dealkylation sites (N-methyl/N-ethyl adjacent to an activating group) is 1. The summed E-state index contributed by atoms with van der Waals surface area (Å²) < 4.78 is 22.2. The fourth-order valence-electron chi connectivity index (χ4n) is 4.05. The average molecular weight is 518 g/mol. The largest absolute Gasteiger partial charge is 0.756 e. The highest BCUT2D eigenvalue weighted by atomic mass is 31.2. The molecule has 0 aromatic carbocycles. The smallest absolute Gasteiger partial charge is 0.268 e. The lowest BCUT2D eigenvalue weighted by Gasteiger charge is -2.27. The number of allylic oxidation sites excluding steroid dienone is 2. The van der Waals surface area contributed by atoms with E-state index < -0.39 is 7.82 Å². The number of phosphoric ester groups is 1. The van der Waals surface area contributed by atoms with Gasteiger partial charge in [-0.25, -0.2) is 0 Å². The number of phosphoric acid groups is 1. The first-order chi connectivity index (χ1) is 16.8. The molecule has 0 spiro atoms. The van der Waals surface area contributed by atoms with Crippen molar-refractivity contribution in [2.24, 2.45) is 0 Å². The Bertz CT molecular complexity index is 519. The predicted molar refractivity (Wildman–Crippen MR) is 150 cm³/mol. The molecule has 5 nitrogen and oxygen atoms in total. The molecule has 0 aromatic heterocycles. The van der Waals surface area contributed by atoms with Crippen LogP contribution in [0.3, 0.4) is 0 Å². The van der Waals surface area contributed by atoms with E-state index in [-0.39, 0.29) is 13.2 Å². The van der Waals surface area contributed by atoms with Gasteiger partial charge in [-0.3, -0.25) is 4.57 Å². The second-order valence-corrected chi connectivity index (χ2v) is 12.6. The van der Waals surface area contributed by atoms with E-state index in [4.69, 9.17) is 9.05 Å². The minimum absolute atomic E-state index is 0.168. The molecule has 0 amide bonds. The van der Waals surface area contributed by atoms with Crippen molar-refractivity contribution < 1.29 is 23.0 Å². The number of unbranched alkanes of at least 4 members (excludes halogenated alkanes) is 18. The summed E-state index contributed by atoms with van der Waals surface area (Å²) in [5, 5.41) is 0. The lowest BCUT2D eigenvalue weighted by Crippen LogP contribution is -2.37. The lowest BCUT2D eigenvalue weighted by atomic mass is 10.0. The Morgan fingerprint density at radius 1 is 0.600 bits per heavy atom. The molecule has 0 saturated heterocycles. The summed E-state index contributed by atoms with van der Waals surface area (Å²) in [4.78, 5) is 11.7. The fourth-order valence-corrected chi connectivity index (χ4v) is 4.78. The van der Waals surface area contributed by atoms with E-state index in [0.717, 1.165) is 19.3 Å². The Morgan fingerprint density at radius 3 is 1.40 bits per heavy atom. The van der Waals surface area contributed by atoms with E-state index in [1.165, 1.54) is 109 Å². The maximum absolute atomic E-state index is 11.7. The van der Waals surface area contributed by atoms with Crippen LogP contribution in [0.5, 0.6) is 0 Å². The molecular formula is C29H60NO4P. The van der Waals surface area contributed by atoms with Crippen LogP contribution in [-0.2, 0) is 13.6 Å². The van der Waals surface area contributed by atoms with Crippen molar-refractivity contribution in [3.8, 4) is 0 Å². The Balaban J connectivity index is 3.27. The maximum atomic E-state index is 11.7. The molecule has 0 rings (SSSR count). The van der Waals surface area contributed by atoms with Crippen molar-refractivity contribution in [3.63, 3.8) is 0 Å². The molecule has 1 unspecified atom stereocenters. The fraction of sp³-hybridized carbons (Fsp3) is 0.931. The first-order valence-corrected chi connectivity index (χ1v) is 16.3. The normalized spacial score (nSPS) is 14.1. The van der Waals surface area contributed by atoms with Crippen molar-refractivity contribution in [2.45, 2.75) is 135 Å². The summed E-state index contributed by atoms with van der Waals surface area (Å²) in [7, 11) is 1.86. The van der Waals surface area contributed by atoms with Crippen LogP contribution in [0, 0.1) is 0 Å². The number of hydrogen-bond acceptors (Lipinski definition) is 4. The summed E-state index contributed by atoms with van der Waals surface area (Å²) in [5.41, 5.74) is 0. The van der Waals surface area contributed by atoms with Gasteiger partial charge in [-0.05, 0) is 32.1 Å². The summed E-state index contributed by atoms with van der Waals surface area (Å²) in [6, 6.07) is 0. The quantitative estimate of drug-likeness (QED) is 0.0474. The van der Waals surface area contributed by atoms with Gasteiger partial charge in [-0.1, -0.05) is 115 Å². The molecule has 0 saturated carbocycles. The third-order valence-corrected chi connectivity index (χ3v) is 7.41. The molecule has 0 N–H and O–H groups in total. The third kappa shape index (κ3) is 29.9. The van der Waals surface area contributed by atoms with Gasteiger partial charge >= 0.3 is 0 Å². The van der Waals surface area contributed by atoms with Gasteiger partial charge in [0.1, 0.15) is 13.2 Å². The Labute approximate surface area is 219 Å². The first-order valence-electron chi connectivity index (χ1n) is 14.8. The van der Waals surface area contributed by atoms with Crippen LogP contribution in [0.25, 0.3) is 0 Å². The molecule has 0 bridgehead atoms. The minimum Gasteiger partial charge on any atom is -0.756 e. The third-order valence-electron chi connectivity index (χ3n) is 6.42. The molecule has 35 heavy (non-hydrogen) atoms. The standard InChI is InChI=1S/C29H60NO4P/c1-5-6-7-8-9-10-11-12-13-14-15-16-17-18-19-20-21-22-23-24-25-26-28-33-35(31,32)34-29-27-30(2,3)4/h12-13H,5-11,14-29H2,1-4H3/b13-12-. The van der Waals surface area contributed by atoms with Crippen LogP contribution in [0.15, 0.2) is 12.2 Å². The summed E-state index contributed by atoms with van der Waals surface area (Å²) in [5.74, 6) is 0. The highest BCUT2D eigenvalue weighted by Gasteiger charge is 2.12. The molecule has 0 fully saturated rings. The van der Waals surface area contributed by atoms with E-state index in [1.54, 1.807) is 0 Å². The zero-order valence-electron chi connectivity index (χ0n) is 23.9. The summed E-state index contributed by atoms with van der Waals surface area (Å²) in [6.07, 6.45) is 30.7. The zero-order valence-corrected chi connectivity index (χ0v) is 24.8. The number of hydrogen-bond donors (Lipinski definition) is 0. The van der Waals surface area contributed by atoms with Gasteiger partial charge in [0.05, 0.1) is 27.7 Å². The van der Waals surface area contributed by atoms with E-state index in [9.17, 15) is 9.46 Å². The van der Waals surface area contributed by atoms with E-state index in [0.29, 0.717) is 11.0 Å². The van der Waals surface area contributed by atoms with Crippen molar-refractivity contribution in [1.29, 1.82) is 0 Å². The van der Waals surface area contributed by atoms with Gasteiger partial charge < -0.3 is 18.4 Å². The lowest BCUT2D eigenvalue weighted by molar-refractivity contribution is -0.870. The SMILES string of the molecule is CCCCCCCC/C=C\CCCCCCCCCCCCCCOP(=O)([O-])OCC[N+](C)(C)C. The van der Waals surface area contributed by atoms with Crippen LogP contribution < -0.4 is 4.89 Å². The molecule has 1 atom stereocenters. The van der Waals surface area contributed by atoms with E-state index >= 15 is 0 Å². The van der Waals surface area contributed by atoms with Crippen molar-refractivity contribution >= 4 is 7.82 Å². The van der Waals surface area contributed by atoms with Crippen LogP contribution in [0.4, 0.5) is 0 Å². The van der Waals surface area contributed by atoms with Crippen LogP contribution in [0.2, 0.25) is 0 Å². The monoisotopic (exact) mass is 517 g/mol. The summed E-state index contributed by atoms with van der Waals surface area (Å²) >= 11 is 0. The van der Waals surface area contributed by atoms with Crippen LogP contribution in [0.1, 0.15) is 135 Å². The topological polar surface area (TPSA) is 58.6 Å². The van der Waals surface area contributed by atoms with Gasteiger partial charge in [0.15, 0.2) is 0 Å². The molecule has 210 valence electrons. The number of quaternary nitrogens is 1. The molecular weight excluding hydrogens is 457 g/mol. The highest BCUT2D eigenvalue weighted by Crippen LogP contribution is 2.38. The Hall–Kier alpha value is -0.190. The van der Waals surface area contributed by atoms with Crippen molar-refractivity contribution in [3.05, 3.63) is 12.2 Å². The zero-order chi connectivity index (χ0) is 26.1. The van der Waals surface area contributed by atoms with E-state index in [2.05, 4.69) is 19.1 Å². The van der Waals surface area contributed by atoms with Crippen LogP contribution >= 0.6 is 7.82 Å². The Morgan fingerprint density at radius 2 is 0.971 bits per heavy atom. The molecule has 0 radical (unpaired) electrons. The second-order valence-electron chi connectivity index (χ2n) is 11.2. The molecule has 0 aliphatic heterocycles. The van der Waals surface area contributed by atoms with Gasteiger partial charge in [-0.2, -0.15) is 0 Å². The minimum atomic E-state index is -4.14. The van der Waals surface area contributed by atoms with Crippen molar-refractivity contribution in [2.75, 3.05) is 40.9 Å². The maximum Gasteiger partial charge on any atom is 0.268 e. The van der Waals surface area contributed by atoms with Crippen LogP contribution in [-0.4, -0.2) is 45.4 Å². The Kier molecular flexibility index (Phi) is 24.0. The first kappa shape index (κ1) is 34.8. The molecule has 6 heteroatoms. The highest BCUT2D eigenvalue weighted by molar-refractivity contribution is 7.45. The van der Waals surface area contributed by atoms with Gasteiger partial charge in [0.25, 0.3) is 7.82 Å². The summed E-state index contributed by atoms with van der Waals surface area (Å²) in [6.45, 7) is 3.31. The molecule has 0 aliphatic carbocycles. The van der Waals surface area contributed by atoms with Gasteiger partial charge in [0.2, 0.25) is 0 Å². The van der Waals surface area contributed by atoms with Gasteiger partial charge in [-0.15, -0.1) is 0 Å². The second kappa shape index (κ2) is 24.2. The van der Waals surface area contributed by atoms with Crippen molar-refractivity contribution in [1.82, 2.24) is 0 Å². The molecule has 0 heterocycles. The van der Waals surface area contributed by atoms with Gasteiger partial charge in [0, 0.05) is 0 Å². The van der Waals surface area contributed by atoms with E-state index in [1.807, 2.05) is 21.1 Å². The average Bonchev–Trinajstić information content (AvgIpc) is 2.78.